The normalized spacial score (nSPS) is 16.4. The minimum absolute atomic E-state index is 0.641. The lowest BCUT2D eigenvalue weighted by Gasteiger charge is -2.15. The van der Waals surface area contributed by atoms with Crippen LogP contribution >= 0.6 is 0 Å². The molecule has 1 N–H and O–H groups in total. The summed E-state index contributed by atoms with van der Waals surface area (Å²) in [6.07, 6.45) is 9.95. The van der Waals surface area contributed by atoms with E-state index in [1.54, 1.807) is 0 Å². The number of rotatable bonds is 7. The van der Waals surface area contributed by atoms with Gasteiger partial charge < -0.3 is 14.8 Å². The summed E-state index contributed by atoms with van der Waals surface area (Å²) < 4.78 is 2.29. The third-order valence-corrected chi connectivity index (χ3v) is 3.84. The van der Waals surface area contributed by atoms with Crippen LogP contribution < -0.4 is 5.32 Å². The first-order valence-corrected chi connectivity index (χ1v) is 7.60. The van der Waals surface area contributed by atoms with Gasteiger partial charge in [-0.3, -0.25) is 0 Å². The lowest BCUT2D eigenvalue weighted by molar-refractivity contribution is 0.388. The van der Waals surface area contributed by atoms with E-state index in [9.17, 15) is 0 Å². The summed E-state index contributed by atoms with van der Waals surface area (Å²) in [4.78, 5) is 6.88. The molecule has 0 aliphatic heterocycles. The minimum Gasteiger partial charge on any atom is -0.353 e. The van der Waals surface area contributed by atoms with Crippen LogP contribution in [0.1, 0.15) is 44.2 Å². The lowest BCUT2D eigenvalue weighted by Crippen LogP contribution is -2.18. The fraction of sp³-hybridized carbons (Fsp3) is 0.800. The van der Waals surface area contributed by atoms with E-state index in [1.165, 1.54) is 45.1 Å². The van der Waals surface area contributed by atoms with Crippen LogP contribution in [0.15, 0.2) is 6.20 Å². The Kier molecular flexibility index (Phi) is 5.25. The second-order valence-electron chi connectivity index (χ2n) is 6.04. The number of hydrogen-bond acceptors (Lipinski definition) is 3. The van der Waals surface area contributed by atoms with Crippen molar-refractivity contribution in [2.24, 2.45) is 0 Å². The second kappa shape index (κ2) is 6.94. The first-order valence-electron chi connectivity index (χ1n) is 7.60. The molecule has 1 aliphatic rings. The highest BCUT2D eigenvalue weighted by atomic mass is 15.2. The van der Waals surface area contributed by atoms with Gasteiger partial charge in [0.05, 0.1) is 5.69 Å². The predicted molar refractivity (Wildman–Crippen MR) is 80.6 cm³/mol. The minimum atomic E-state index is 0.641. The zero-order valence-electron chi connectivity index (χ0n) is 12.7. The summed E-state index contributed by atoms with van der Waals surface area (Å²) in [6, 6.07) is 0.641. The third kappa shape index (κ3) is 4.53. The van der Waals surface area contributed by atoms with Crippen molar-refractivity contribution in [3.8, 4) is 0 Å². The molecule has 0 aromatic carbocycles. The van der Waals surface area contributed by atoms with Crippen LogP contribution in [0.5, 0.6) is 0 Å². The highest BCUT2D eigenvalue weighted by Crippen LogP contribution is 2.22. The van der Waals surface area contributed by atoms with Crippen LogP contribution in [0.25, 0.3) is 0 Å². The molecule has 0 saturated heterocycles. The van der Waals surface area contributed by atoms with Crippen molar-refractivity contribution in [2.45, 2.75) is 58.0 Å². The van der Waals surface area contributed by atoms with Gasteiger partial charge in [0.15, 0.2) is 0 Å². The van der Waals surface area contributed by atoms with Crippen molar-refractivity contribution in [1.82, 2.24) is 14.5 Å². The van der Waals surface area contributed by atoms with Gasteiger partial charge in [-0.2, -0.15) is 0 Å². The molecule has 0 unspecified atom stereocenters. The molecule has 0 atom stereocenters. The Morgan fingerprint density at radius 3 is 2.74 bits per heavy atom. The summed E-state index contributed by atoms with van der Waals surface area (Å²) in [7, 11) is 4.27. The Labute approximate surface area is 117 Å². The number of anilines is 1. The van der Waals surface area contributed by atoms with Crippen molar-refractivity contribution in [1.29, 1.82) is 0 Å². The molecule has 1 aliphatic carbocycles. The van der Waals surface area contributed by atoms with Crippen molar-refractivity contribution in [3.63, 3.8) is 0 Å². The van der Waals surface area contributed by atoms with E-state index in [0.29, 0.717) is 6.04 Å². The van der Waals surface area contributed by atoms with Crippen molar-refractivity contribution in [2.75, 3.05) is 26.0 Å². The van der Waals surface area contributed by atoms with E-state index in [0.717, 1.165) is 18.2 Å². The second-order valence-corrected chi connectivity index (χ2v) is 6.04. The quantitative estimate of drug-likeness (QED) is 0.769. The summed E-state index contributed by atoms with van der Waals surface area (Å²) in [5.41, 5.74) is 1.12. The van der Waals surface area contributed by atoms with Crippen molar-refractivity contribution < 1.29 is 0 Å². The van der Waals surface area contributed by atoms with Crippen LogP contribution in [0, 0.1) is 6.92 Å². The van der Waals surface area contributed by atoms with Gasteiger partial charge in [-0.25, -0.2) is 4.98 Å². The third-order valence-electron chi connectivity index (χ3n) is 3.84. The summed E-state index contributed by atoms with van der Waals surface area (Å²) >= 11 is 0. The first kappa shape index (κ1) is 14.4. The molecule has 4 nitrogen and oxygen atoms in total. The fourth-order valence-corrected chi connectivity index (χ4v) is 2.80. The van der Waals surface area contributed by atoms with E-state index >= 15 is 0 Å². The van der Waals surface area contributed by atoms with Crippen LogP contribution in [0.2, 0.25) is 0 Å². The average molecular weight is 264 g/mol. The molecule has 4 heteroatoms. The van der Waals surface area contributed by atoms with Gasteiger partial charge in [0, 0.05) is 18.8 Å². The Morgan fingerprint density at radius 1 is 1.32 bits per heavy atom. The molecule has 0 spiro atoms. The zero-order valence-corrected chi connectivity index (χ0v) is 12.7. The maximum atomic E-state index is 4.63. The van der Waals surface area contributed by atoms with Crippen LogP contribution in [0.3, 0.4) is 0 Å². The van der Waals surface area contributed by atoms with E-state index in [4.69, 9.17) is 0 Å². The Balaban J connectivity index is 1.84. The molecule has 1 heterocycles. The maximum absolute atomic E-state index is 4.63. The number of imidazole rings is 1. The standard InChI is InChI=1S/C15H28N4/c1-13-12-19(11-7-6-10-18(2)3)15(16-13)17-14-8-4-5-9-14/h12,14H,4-11H2,1-3H3,(H,16,17). The molecule has 19 heavy (non-hydrogen) atoms. The smallest absolute Gasteiger partial charge is 0.203 e. The van der Waals surface area contributed by atoms with Crippen molar-refractivity contribution in [3.05, 3.63) is 11.9 Å². The monoisotopic (exact) mass is 264 g/mol. The van der Waals surface area contributed by atoms with E-state index < -0.39 is 0 Å². The van der Waals surface area contributed by atoms with Gasteiger partial charge >= 0.3 is 0 Å². The first-order chi connectivity index (χ1) is 9.15. The average Bonchev–Trinajstić information content (AvgIpc) is 2.95. The van der Waals surface area contributed by atoms with Crippen LogP contribution in [-0.2, 0) is 6.54 Å². The number of unbranched alkanes of at least 4 members (excludes halogenated alkanes) is 1. The summed E-state index contributed by atoms with van der Waals surface area (Å²) in [6.45, 7) is 4.32. The van der Waals surface area contributed by atoms with Gasteiger partial charge in [-0.15, -0.1) is 0 Å². The largest absolute Gasteiger partial charge is 0.353 e. The van der Waals surface area contributed by atoms with Crippen LogP contribution in [-0.4, -0.2) is 41.1 Å². The Bertz CT molecular complexity index is 377. The molecule has 2 rings (SSSR count). The van der Waals surface area contributed by atoms with E-state index in [1.807, 2.05) is 0 Å². The lowest BCUT2D eigenvalue weighted by atomic mass is 10.2. The SMILES string of the molecule is Cc1cn(CCCCN(C)C)c(NC2CCCC2)n1. The molecule has 108 valence electrons. The van der Waals surface area contributed by atoms with E-state index in [2.05, 4.69) is 47.0 Å². The van der Waals surface area contributed by atoms with Gasteiger partial charge in [-0.1, -0.05) is 12.8 Å². The molecule has 1 aromatic heterocycles. The van der Waals surface area contributed by atoms with Gasteiger partial charge in [0.2, 0.25) is 5.95 Å². The molecule has 1 fully saturated rings. The number of aromatic nitrogens is 2. The molecule has 0 radical (unpaired) electrons. The molecule has 1 saturated carbocycles. The van der Waals surface area contributed by atoms with Crippen molar-refractivity contribution >= 4 is 5.95 Å². The highest BCUT2D eigenvalue weighted by molar-refractivity contribution is 5.30. The Hall–Kier alpha value is -1.03. The molecular formula is C15H28N4. The number of nitrogens with zero attached hydrogens (tertiary/aromatic N) is 3. The zero-order chi connectivity index (χ0) is 13.7. The Morgan fingerprint density at radius 2 is 2.05 bits per heavy atom. The number of aryl methyl sites for hydroxylation is 2. The van der Waals surface area contributed by atoms with E-state index in [-0.39, 0.29) is 0 Å². The van der Waals surface area contributed by atoms with Gasteiger partial charge in [-0.05, 0) is 53.2 Å². The molecule has 1 aromatic rings. The number of hydrogen-bond donors (Lipinski definition) is 1. The topological polar surface area (TPSA) is 33.1 Å². The molecule has 0 bridgehead atoms. The summed E-state index contributed by atoms with van der Waals surface area (Å²) in [5, 5.41) is 3.62. The number of nitrogens with one attached hydrogen (secondary N) is 1. The van der Waals surface area contributed by atoms with Crippen LogP contribution in [0.4, 0.5) is 5.95 Å². The predicted octanol–water partition coefficient (Wildman–Crippen LogP) is 2.89. The van der Waals surface area contributed by atoms with Gasteiger partial charge in [0.25, 0.3) is 0 Å². The maximum Gasteiger partial charge on any atom is 0.203 e. The molecule has 0 amide bonds. The summed E-state index contributed by atoms with van der Waals surface area (Å²) in [5.74, 6) is 1.08. The highest BCUT2D eigenvalue weighted by Gasteiger charge is 2.17. The molecular weight excluding hydrogens is 236 g/mol. The van der Waals surface area contributed by atoms with Gasteiger partial charge in [0.1, 0.15) is 0 Å². The fourth-order valence-electron chi connectivity index (χ4n) is 2.80.